The van der Waals surface area contributed by atoms with Gasteiger partial charge in [-0.2, -0.15) is 0 Å². The number of hydrogen-bond donors (Lipinski definition) is 1. The Morgan fingerprint density at radius 2 is 1.81 bits per heavy atom. The molecule has 1 heterocycles. The molecule has 1 rings (SSSR count). The van der Waals surface area contributed by atoms with Gasteiger partial charge in [0.25, 0.3) is 0 Å². The minimum absolute atomic E-state index is 0.267. The molecule has 0 aromatic rings. The molecule has 1 aliphatic rings. The van der Waals surface area contributed by atoms with Crippen LogP contribution in [0, 0.1) is 0 Å². The summed E-state index contributed by atoms with van der Waals surface area (Å²) in [5, 5.41) is 3.60. The second-order valence-electron chi connectivity index (χ2n) is 5.68. The highest BCUT2D eigenvalue weighted by molar-refractivity contribution is 4.78. The molecule has 0 bridgehead atoms. The first-order chi connectivity index (χ1) is 7.43. The first kappa shape index (κ1) is 13.9. The van der Waals surface area contributed by atoms with E-state index in [1.54, 1.807) is 0 Å². The summed E-state index contributed by atoms with van der Waals surface area (Å²) in [7, 11) is 0. The maximum absolute atomic E-state index is 5.72. The summed E-state index contributed by atoms with van der Waals surface area (Å²) in [5.41, 5.74) is 0.267. The van der Waals surface area contributed by atoms with Gasteiger partial charge in [-0.3, -0.25) is 4.90 Å². The highest BCUT2D eigenvalue weighted by atomic mass is 16.5. The van der Waals surface area contributed by atoms with Crippen LogP contribution in [-0.4, -0.2) is 48.8 Å². The summed E-state index contributed by atoms with van der Waals surface area (Å²) < 4.78 is 5.72. The Kier molecular flexibility index (Phi) is 5.22. The summed E-state index contributed by atoms with van der Waals surface area (Å²) in [6, 6.07) is 0. The summed E-state index contributed by atoms with van der Waals surface area (Å²) in [6.45, 7) is 15.4. The van der Waals surface area contributed by atoms with E-state index in [9.17, 15) is 0 Å². The third-order valence-corrected chi connectivity index (χ3v) is 3.41. The highest BCUT2D eigenvalue weighted by Gasteiger charge is 2.22. The van der Waals surface area contributed by atoms with E-state index >= 15 is 0 Å². The topological polar surface area (TPSA) is 24.5 Å². The maximum atomic E-state index is 5.72. The second kappa shape index (κ2) is 5.99. The van der Waals surface area contributed by atoms with Gasteiger partial charge in [0.1, 0.15) is 0 Å². The normalized spacial score (nSPS) is 28.3. The Morgan fingerprint density at radius 3 is 2.31 bits per heavy atom. The zero-order chi connectivity index (χ0) is 12.2. The minimum Gasteiger partial charge on any atom is -0.373 e. The van der Waals surface area contributed by atoms with Crippen molar-refractivity contribution >= 4 is 0 Å². The van der Waals surface area contributed by atoms with Gasteiger partial charge in [-0.05, 0) is 34.1 Å². The SMILES string of the molecule is CCC(C)(C)NCCN1CC(C)OC(C)C1. The Hall–Kier alpha value is -0.120. The third-order valence-electron chi connectivity index (χ3n) is 3.41. The quantitative estimate of drug-likeness (QED) is 0.777. The molecule has 0 aromatic carbocycles. The first-order valence-electron chi connectivity index (χ1n) is 6.56. The maximum Gasteiger partial charge on any atom is 0.0678 e. The Balaban J connectivity index is 2.22. The van der Waals surface area contributed by atoms with Crippen molar-refractivity contribution in [3.63, 3.8) is 0 Å². The van der Waals surface area contributed by atoms with Crippen molar-refractivity contribution in [3.05, 3.63) is 0 Å². The van der Waals surface area contributed by atoms with Crippen LogP contribution in [0.5, 0.6) is 0 Å². The molecule has 0 amide bonds. The molecule has 0 spiro atoms. The number of nitrogens with one attached hydrogen (secondary N) is 1. The molecule has 2 unspecified atom stereocenters. The minimum atomic E-state index is 0.267. The molecule has 1 fully saturated rings. The lowest BCUT2D eigenvalue weighted by Gasteiger charge is -2.36. The monoisotopic (exact) mass is 228 g/mol. The summed E-state index contributed by atoms with van der Waals surface area (Å²) >= 11 is 0. The van der Waals surface area contributed by atoms with Gasteiger partial charge in [0.15, 0.2) is 0 Å². The Labute approximate surface area is 101 Å². The molecular formula is C13H28N2O. The molecule has 0 aliphatic carbocycles. The van der Waals surface area contributed by atoms with Crippen molar-refractivity contribution in [1.82, 2.24) is 10.2 Å². The van der Waals surface area contributed by atoms with Crippen LogP contribution < -0.4 is 5.32 Å². The van der Waals surface area contributed by atoms with E-state index in [0.29, 0.717) is 12.2 Å². The predicted octanol–water partition coefficient (Wildman–Crippen LogP) is 1.87. The van der Waals surface area contributed by atoms with Crippen LogP contribution in [0.2, 0.25) is 0 Å². The van der Waals surface area contributed by atoms with Crippen molar-refractivity contribution in [2.24, 2.45) is 0 Å². The largest absolute Gasteiger partial charge is 0.373 e. The van der Waals surface area contributed by atoms with Crippen molar-refractivity contribution in [2.75, 3.05) is 26.2 Å². The molecular weight excluding hydrogens is 200 g/mol. The van der Waals surface area contributed by atoms with Crippen LogP contribution in [0.15, 0.2) is 0 Å². The molecule has 0 saturated carbocycles. The van der Waals surface area contributed by atoms with Crippen LogP contribution in [0.1, 0.15) is 41.0 Å². The van der Waals surface area contributed by atoms with E-state index < -0.39 is 0 Å². The summed E-state index contributed by atoms with van der Waals surface area (Å²) in [5.74, 6) is 0. The zero-order valence-electron chi connectivity index (χ0n) is 11.5. The molecule has 1 saturated heterocycles. The summed E-state index contributed by atoms with van der Waals surface area (Å²) in [6.07, 6.45) is 1.92. The van der Waals surface area contributed by atoms with E-state index in [-0.39, 0.29) is 5.54 Å². The molecule has 3 nitrogen and oxygen atoms in total. The molecule has 0 radical (unpaired) electrons. The van der Waals surface area contributed by atoms with Crippen LogP contribution in [-0.2, 0) is 4.74 Å². The predicted molar refractivity (Wildman–Crippen MR) is 68.8 cm³/mol. The first-order valence-corrected chi connectivity index (χ1v) is 6.56. The molecule has 1 aliphatic heterocycles. The number of nitrogens with zero attached hydrogens (tertiary/aromatic N) is 1. The number of rotatable bonds is 5. The highest BCUT2D eigenvalue weighted by Crippen LogP contribution is 2.10. The fourth-order valence-corrected chi connectivity index (χ4v) is 2.14. The van der Waals surface area contributed by atoms with E-state index in [1.165, 1.54) is 6.42 Å². The van der Waals surface area contributed by atoms with Gasteiger partial charge in [-0.1, -0.05) is 6.92 Å². The molecule has 1 N–H and O–H groups in total. The second-order valence-corrected chi connectivity index (χ2v) is 5.68. The van der Waals surface area contributed by atoms with Crippen molar-refractivity contribution in [2.45, 2.75) is 58.8 Å². The number of ether oxygens (including phenoxy) is 1. The van der Waals surface area contributed by atoms with Gasteiger partial charge in [-0.25, -0.2) is 0 Å². The Bertz CT molecular complexity index is 196. The van der Waals surface area contributed by atoms with Crippen LogP contribution in [0.4, 0.5) is 0 Å². The third kappa shape index (κ3) is 4.81. The molecule has 2 atom stereocenters. The van der Waals surface area contributed by atoms with Crippen LogP contribution >= 0.6 is 0 Å². The molecule has 16 heavy (non-hydrogen) atoms. The van der Waals surface area contributed by atoms with Gasteiger partial charge in [0, 0.05) is 31.7 Å². The zero-order valence-corrected chi connectivity index (χ0v) is 11.5. The number of hydrogen-bond acceptors (Lipinski definition) is 3. The van der Waals surface area contributed by atoms with E-state index in [2.05, 4.69) is 44.8 Å². The average molecular weight is 228 g/mol. The van der Waals surface area contributed by atoms with Crippen LogP contribution in [0.3, 0.4) is 0 Å². The fourth-order valence-electron chi connectivity index (χ4n) is 2.14. The molecule has 96 valence electrons. The fraction of sp³-hybridized carbons (Fsp3) is 1.00. The lowest BCUT2D eigenvalue weighted by molar-refractivity contribution is -0.0676. The van der Waals surface area contributed by atoms with Crippen molar-refractivity contribution in [3.8, 4) is 0 Å². The Morgan fingerprint density at radius 1 is 1.25 bits per heavy atom. The van der Waals surface area contributed by atoms with E-state index in [4.69, 9.17) is 4.74 Å². The van der Waals surface area contributed by atoms with Gasteiger partial charge >= 0.3 is 0 Å². The van der Waals surface area contributed by atoms with Crippen molar-refractivity contribution < 1.29 is 4.74 Å². The lowest BCUT2D eigenvalue weighted by atomic mass is 10.0. The van der Waals surface area contributed by atoms with Gasteiger partial charge < -0.3 is 10.1 Å². The van der Waals surface area contributed by atoms with Crippen LogP contribution in [0.25, 0.3) is 0 Å². The smallest absolute Gasteiger partial charge is 0.0678 e. The van der Waals surface area contributed by atoms with Crippen molar-refractivity contribution in [1.29, 1.82) is 0 Å². The average Bonchev–Trinajstić information content (AvgIpc) is 2.16. The summed E-state index contributed by atoms with van der Waals surface area (Å²) in [4.78, 5) is 2.50. The van der Waals surface area contributed by atoms with E-state index in [0.717, 1.165) is 26.2 Å². The number of morpholine rings is 1. The van der Waals surface area contributed by atoms with Gasteiger partial charge in [-0.15, -0.1) is 0 Å². The van der Waals surface area contributed by atoms with E-state index in [1.807, 2.05) is 0 Å². The standard InChI is InChI=1S/C13H28N2O/c1-6-13(4,5)14-7-8-15-9-11(2)16-12(3)10-15/h11-12,14H,6-10H2,1-5H3. The van der Waals surface area contributed by atoms with Gasteiger partial charge in [0.2, 0.25) is 0 Å². The molecule has 3 heteroatoms. The van der Waals surface area contributed by atoms with Gasteiger partial charge in [0.05, 0.1) is 12.2 Å². The molecule has 0 aromatic heterocycles. The lowest BCUT2D eigenvalue weighted by Crippen LogP contribution is -2.49.